The van der Waals surface area contributed by atoms with Crippen molar-refractivity contribution in [3.05, 3.63) is 17.5 Å². The molecule has 1 aromatic rings. The first-order chi connectivity index (χ1) is 11.7. The maximum atomic E-state index is 13.0. The number of hydrogen-bond donors (Lipinski definition) is 0. The summed E-state index contributed by atoms with van der Waals surface area (Å²) in [6, 6.07) is -0.0435. The third-order valence-electron chi connectivity index (χ3n) is 5.10. The molecule has 25 heavy (non-hydrogen) atoms. The van der Waals surface area contributed by atoms with Gasteiger partial charge in [0.2, 0.25) is 11.8 Å². The van der Waals surface area contributed by atoms with Crippen LogP contribution in [0.5, 0.6) is 0 Å². The zero-order valence-electron chi connectivity index (χ0n) is 16.5. The molecule has 140 valence electrons. The predicted molar refractivity (Wildman–Crippen MR) is 97.8 cm³/mol. The van der Waals surface area contributed by atoms with E-state index in [1.54, 1.807) is 4.90 Å². The summed E-state index contributed by atoms with van der Waals surface area (Å²) >= 11 is 0. The van der Waals surface area contributed by atoms with E-state index in [1.165, 1.54) is 0 Å². The number of carbonyl (C=O) groups is 2. The van der Waals surface area contributed by atoms with Crippen LogP contribution in [0.2, 0.25) is 0 Å². The van der Waals surface area contributed by atoms with E-state index in [-0.39, 0.29) is 23.8 Å². The van der Waals surface area contributed by atoms with E-state index in [9.17, 15) is 9.59 Å². The fourth-order valence-corrected chi connectivity index (χ4v) is 3.59. The fraction of sp³-hybridized carbons (Fsp3) is 0.737. The third kappa shape index (κ3) is 4.41. The van der Waals surface area contributed by atoms with Crippen molar-refractivity contribution in [1.29, 1.82) is 0 Å². The summed E-state index contributed by atoms with van der Waals surface area (Å²) < 4.78 is 1.90. The van der Waals surface area contributed by atoms with Gasteiger partial charge in [-0.2, -0.15) is 5.10 Å². The van der Waals surface area contributed by atoms with Gasteiger partial charge in [0.1, 0.15) is 0 Å². The van der Waals surface area contributed by atoms with Gasteiger partial charge in [0, 0.05) is 50.9 Å². The monoisotopic (exact) mass is 348 g/mol. The molecule has 0 aromatic carbocycles. The molecule has 0 bridgehead atoms. The Kier molecular flexibility index (Phi) is 6.25. The molecule has 0 spiro atoms. The van der Waals surface area contributed by atoms with E-state index in [1.807, 2.05) is 36.7 Å². The van der Waals surface area contributed by atoms with Gasteiger partial charge < -0.3 is 9.80 Å². The lowest BCUT2D eigenvalue weighted by Crippen LogP contribution is -2.52. The highest BCUT2D eigenvalue weighted by atomic mass is 16.2. The van der Waals surface area contributed by atoms with Crippen LogP contribution in [-0.2, 0) is 22.7 Å². The second-order valence-electron chi connectivity index (χ2n) is 7.62. The number of rotatable bonds is 6. The topological polar surface area (TPSA) is 58.4 Å². The van der Waals surface area contributed by atoms with Crippen LogP contribution in [0.15, 0.2) is 6.20 Å². The smallest absolute Gasteiger partial charge is 0.227 e. The molecule has 1 aliphatic heterocycles. The van der Waals surface area contributed by atoms with Crippen molar-refractivity contribution in [1.82, 2.24) is 19.6 Å². The van der Waals surface area contributed by atoms with Crippen molar-refractivity contribution in [2.24, 2.45) is 11.8 Å². The number of aromatic nitrogens is 2. The Morgan fingerprint density at radius 2 is 2.12 bits per heavy atom. The van der Waals surface area contributed by atoms with Crippen LogP contribution in [0.1, 0.15) is 51.8 Å². The fourth-order valence-electron chi connectivity index (χ4n) is 3.59. The van der Waals surface area contributed by atoms with Gasteiger partial charge in [0.15, 0.2) is 0 Å². The number of amides is 2. The molecule has 1 fully saturated rings. The molecule has 6 heteroatoms. The lowest BCUT2D eigenvalue weighted by atomic mass is 9.88. The van der Waals surface area contributed by atoms with Crippen LogP contribution in [0, 0.1) is 18.8 Å². The van der Waals surface area contributed by atoms with E-state index in [2.05, 4.69) is 25.9 Å². The summed E-state index contributed by atoms with van der Waals surface area (Å²) in [5, 5.41) is 4.45. The summed E-state index contributed by atoms with van der Waals surface area (Å²) in [6.45, 7) is 12.3. The number of nitrogens with zero attached hydrogens (tertiary/aromatic N) is 4. The van der Waals surface area contributed by atoms with E-state index in [4.69, 9.17) is 0 Å². The van der Waals surface area contributed by atoms with Gasteiger partial charge >= 0.3 is 0 Å². The molecule has 2 atom stereocenters. The average Bonchev–Trinajstić information content (AvgIpc) is 2.90. The zero-order chi connectivity index (χ0) is 18.7. The van der Waals surface area contributed by atoms with E-state index in [0.717, 1.165) is 24.3 Å². The van der Waals surface area contributed by atoms with Crippen LogP contribution in [0.4, 0.5) is 0 Å². The van der Waals surface area contributed by atoms with Gasteiger partial charge in [-0.25, -0.2) is 0 Å². The van der Waals surface area contributed by atoms with Crippen molar-refractivity contribution in [3.63, 3.8) is 0 Å². The summed E-state index contributed by atoms with van der Waals surface area (Å²) in [5.41, 5.74) is 2.05. The van der Waals surface area contributed by atoms with Gasteiger partial charge in [-0.3, -0.25) is 14.3 Å². The summed E-state index contributed by atoms with van der Waals surface area (Å²) in [5.74, 6) is 0.578. The third-order valence-corrected chi connectivity index (χ3v) is 5.10. The molecular weight excluding hydrogens is 316 g/mol. The maximum Gasteiger partial charge on any atom is 0.227 e. The standard InChI is InChI=1S/C19H32N4O2/c1-7-22-12-16(14(4)20-22)11-21(6)19(25)17-8-9-18(24)23(15(17)5)10-13(2)3/h12-13,15,17H,7-11H2,1-6H3/t15-,17-/m1/s1. The maximum absolute atomic E-state index is 13.0. The van der Waals surface area contributed by atoms with Crippen molar-refractivity contribution in [2.45, 2.75) is 66.6 Å². The number of aryl methyl sites for hydroxylation is 2. The number of piperidine rings is 1. The molecule has 2 rings (SSSR count). The molecule has 0 unspecified atom stereocenters. The minimum absolute atomic E-state index is 0.0435. The number of hydrogen-bond acceptors (Lipinski definition) is 3. The average molecular weight is 348 g/mol. The van der Waals surface area contributed by atoms with Crippen LogP contribution >= 0.6 is 0 Å². The Morgan fingerprint density at radius 1 is 1.44 bits per heavy atom. The van der Waals surface area contributed by atoms with Crippen LogP contribution in [0.25, 0.3) is 0 Å². The van der Waals surface area contributed by atoms with E-state index < -0.39 is 0 Å². The van der Waals surface area contributed by atoms with Gasteiger partial charge in [-0.15, -0.1) is 0 Å². The molecule has 6 nitrogen and oxygen atoms in total. The van der Waals surface area contributed by atoms with Crippen LogP contribution < -0.4 is 0 Å². The second kappa shape index (κ2) is 8.02. The lowest BCUT2D eigenvalue weighted by Gasteiger charge is -2.40. The highest BCUT2D eigenvalue weighted by Crippen LogP contribution is 2.27. The molecule has 2 amide bonds. The van der Waals surface area contributed by atoms with Crippen molar-refractivity contribution in [2.75, 3.05) is 13.6 Å². The first kappa shape index (κ1) is 19.5. The molecule has 1 saturated heterocycles. The first-order valence-electron chi connectivity index (χ1n) is 9.31. The Morgan fingerprint density at radius 3 is 2.68 bits per heavy atom. The van der Waals surface area contributed by atoms with Crippen molar-refractivity contribution in [3.8, 4) is 0 Å². The molecule has 2 heterocycles. The van der Waals surface area contributed by atoms with E-state index in [0.29, 0.717) is 25.3 Å². The van der Waals surface area contributed by atoms with Gasteiger partial charge in [-0.05, 0) is 33.1 Å². The normalized spacial score (nSPS) is 21.1. The molecule has 0 N–H and O–H groups in total. The molecule has 0 saturated carbocycles. The minimum Gasteiger partial charge on any atom is -0.341 e. The Bertz CT molecular complexity index is 623. The first-order valence-corrected chi connectivity index (χ1v) is 9.31. The summed E-state index contributed by atoms with van der Waals surface area (Å²) in [7, 11) is 1.85. The van der Waals surface area contributed by atoms with Gasteiger partial charge in [-0.1, -0.05) is 13.8 Å². The quantitative estimate of drug-likeness (QED) is 0.793. The molecule has 0 aliphatic carbocycles. The van der Waals surface area contributed by atoms with Crippen molar-refractivity contribution < 1.29 is 9.59 Å². The Labute approximate surface area is 151 Å². The molecule has 1 aromatic heterocycles. The Hall–Kier alpha value is -1.85. The van der Waals surface area contributed by atoms with Gasteiger partial charge in [0.25, 0.3) is 0 Å². The van der Waals surface area contributed by atoms with Crippen LogP contribution in [0.3, 0.4) is 0 Å². The summed E-state index contributed by atoms with van der Waals surface area (Å²) in [6.07, 6.45) is 3.12. The predicted octanol–water partition coefficient (Wildman–Crippen LogP) is 2.45. The molecule has 1 aliphatic rings. The largest absolute Gasteiger partial charge is 0.341 e. The minimum atomic E-state index is -0.122. The lowest BCUT2D eigenvalue weighted by molar-refractivity contribution is -0.147. The van der Waals surface area contributed by atoms with Crippen LogP contribution in [-0.4, -0.2) is 51.0 Å². The zero-order valence-corrected chi connectivity index (χ0v) is 16.5. The van der Waals surface area contributed by atoms with Crippen molar-refractivity contribution >= 4 is 11.8 Å². The number of carbonyl (C=O) groups excluding carboxylic acids is 2. The highest BCUT2D eigenvalue weighted by Gasteiger charge is 2.38. The van der Waals surface area contributed by atoms with Gasteiger partial charge in [0.05, 0.1) is 11.6 Å². The SMILES string of the molecule is CCn1cc(CN(C)C(=O)[C@@H]2CCC(=O)N(CC(C)C)[C@@H]2C)c(C)n1. The summed E-state index contributed by atoms with van der Waals surface area (Å²) in [4.78, 5) is 28.9. The molecule has 0 radical (unpaired) electrons. The Balaban J connectivity index is 2.07. The number of likely N-dealkylation sites (tertiary alicyclic amines) is 1. The molecular formula is C19H32N4O2. The van der Waals surface area contributed by atoms with E-state index >= 15 is 0 Å². The second-order valence-corrected chi connectivity index (χ2v) is 7.62. The highest BCUT2D eigenvalue weighted by molar-refractivity contribution is 5.84.